The van der Waals surface area contributed by atoms with Crippen molar-refractivity contribution in [2.45, 2.75) is 19.8 Å². The van der Waals surface area contributed by atoms with Crippen molar-refractivity contribution in [3.63, 3.8) is 0 Å². The molecule has 0 N–H and O–H groups in total. The van der Waals surface area contributed by atoms with Crippen molar-refractivity contribution in [3.05, 3.63) is 24.0 Å². The summed E-state index contributed by atoms with van der Waals surface area (Å²) in [4.78, 5) is 20.4. The number of benzene rings is 1. The average molecular weight is 321 g/mol. The maximum Gasteiger partial charge on any atom is 0.242 e. The Kier molecular flexibility index (Phi) is 4.29. The van der Waals surface area contributed by atoms with E-state index in [1.54, 1.807) is 6.07 Å². The highest BCUT2D eigenvalue weighted by atomic mass is 32.1. The van der Waals surface area contributed by atoms with E-state index in [4.69, 9.17) is 0 Å². The number of piperidine rings is 1. The van der Waals surface area contributed by atoms with Crippen molar-refractivity contribution in [2.24, 2.45) is 5.92 Å². The van der Waals surface area contributed by atoms with Gasteiger partial charge in [-0.15, -0.1) is 0 Å². The Morgan fingerprint density at radius 2 is 2.18 bits per heavy atom. The van der Waals surface area contributed by atoms with Crippen LogP contribution in [-0.4, -0.2) is 42.5 Å². The summed E-state index contributed by atoms with van der Waals surface area (Å²) in [6.07, 6.45) is 2.14. The molecule has 1 amide bonds. The standard InChI is InChI=1S/C16H20FN3OS/c1-11-6-8-20(9-7-11)14(21)10-19(2)16-18-15-12(17)4-3-5-13(15)22-16/h3-5,11H,6-10H2,1-2H3. The number of amides is 1. The first-order chi connectivity index (χ1) is 10.5. The normalized spacial score (nSPS) is 16.2. The second-order valence-electron chi connectivity index (χ2n) is 6.00. The van der Waals surface area contributed by atoms with E-state index in [0.717, 1.165) is 30.6 Å². The van der Waals surface area contributed by atoms with Gasteiger partial charge < -0.3 is 9.80 Å². The third-order valence-electron chi connectivity index (χ3n) is 4.19. The third-order valence-corrected chi connectivity index (χ3v) is 5.33. The van der Waals surface area contributed by atoms with Crippen LogP contribution in [0.1, 0.15) is 19.8 Å². The number of nitrogens with zero attached hydrogens (tertiary/aromatic N) is 3. The molecule has 22 heavy (non-hydrogen) atoms. The van der Waals surface area contributed by atoms with Crippen LogP contribution in [0.25, 0.3) is 10.2 Å². The predicted octanol–water partition coefficient (Wildman–Crippen LogP) is 3.13. The van der Waals surface area contributed by atoms with Crippen LogP contribution in [0.4, 0.5) is 9.52 Å². The van der Waals surface area contributed by atoms with Gasteiger partial charge in [0.1, 0.15) is 11.3 Å². The summed E-state index contributed by atoms with van der Waals surface area (Å²) in [5, 5.41) is 0.679. The Labute approximate surface area is 133 Å². The molecule has 0 aliphatic carbocycles. The number of rotatable bonds is 3. The van der Waals surface area contributed by atoms with Gasteiger partial charge in [-0.05, 0) is 30.9 Å². The molecule has 0 bridgehead atoms. The Hall–Kier alpha value is -1.69. The summed E-state index contributed by atoms with van der Waals surface area (Å²) >= 11 is 1.41. The molecule has 2 aromatic rings. The van der Waals surface area contributed by atoms with Gasteiger partial charge in [-0.1, -0.05) is 24.3 Å². The molecule has 1 aliphatic heterocycles. The Bertz CT molecular complexity index is 679. The molecule has 1 aliphatic rings. The van der Waals surface area contributed by atoms with Gasteiger partial charge in [0.2, 0.25) is 5.91 Å². The zero-order valence-electron chi connectivity index (χ0n) is 12.9. The number of thiazole rings is 1. The number of fused-ring (bicyclic) bond motifs is 1. The van der Waals surface area contributed by atoms with Crippen LogP contribution < -0.4 is 4.90 Å². The van der Waals surface area contributed by atoms with E-state index >= 15 is 0 Å². The summed E-state index contributed by atoms with van der Waals surface area (Å²) in [5.41, 5.74) is 0.383. The summed E-state index contributed by atoms with van der Waals surface area (Å²) in [5.74, 6) is 0.507. The van der Waals surface area contributed by atoms with E-state index < -0.39 is 0 Å². The number of halogens is 1. The Balaban J connectivity index is 1.69. The lowest BCUT2D eigenvalue weighted by atomic mass is 9.99. The first-order valence-electron chi connectivity index (χ1n) is 7.58. The maximum atomic E-state index is 13.7. The van der Waals surface area contributed by atoms with Gasteiger partial charge in [0.05, 0.1) is 11.2 Å². The minimum Gasteiger partial charge on any atom is -0.342 e. The van der Waals surface area contributed by atoms with Gasteiger partial charge in [-0.3, -0.25) is 4.79 Å². The fraction of sp³-hybridized carbons (Fsp3) is 0.500. The minimum absolute atomic E-state index is 0.120. The minimum atomic E-state index is -0.315. The second-order valence-corrected chi connectivity index (χ2v) is 7.01. The van der Waals surface area contributed by atoms with Crippen LogP contribution in [0.3, 0.4) is 0 Å². The zero-order chi connectivity index (χ0) is 15.7. The quantitative estimate of drug-likeness (QED) is 0.871. The number of aromatic nitrogens is 1. The first-order valence-corrected chi connectivity index (χ1v) is 8.40. The Morgan fingerprint density at radius 1 is 1.45 bits per heavy atom. The summed E-state index contributed by atoms with van der Waals surface area (Å²) in [6, 6.07) is 4.94. The van der Waals surface area contributed by atoms with E-state index in [0.29, 0.717) is 16.6 Å². The van der Waals surface area contributed by atoms with Crippen molar-refractivity contribution in [2.75, 3.05) is 31.6 Å². The third kappa shape index (κ3) is 3.06. The molecule has 1 saturated heterocycles. The molecule has 0 unspecified atom stereocenters. The number of likely N-dealkylation sites (tertiary alicyclic amines) is 1. The fourth-order valence-corrected chi connectivity index (χ4v) is 3.64. The average Bonchev–Trinajstić information content (AvgIpc) is 2.93. The molecule has 3 rings (SSSR count). The van der Waals surface area contributed by atoms with Crippen molar-refractivity contribution >= 4 is 32.6 Å². The lowest BCUT2D eigenvalue weighted by molar-refractivity contribution is -0.130. The molecule has 1 aromatic heterocycles. The largest absolute Gasteiger partial charge is 0.342 e. The lowest BCUT2D eigenvalue weighted by Gasteiger charge is -2.31. The highest BCUT2D eigenvalue weighted by Crippen LogP contribution is 2.29. The van der Waals surface area contributed by atoms with E-state index in [1.165, 1.54) is 17.4 Å². The molecule has 0 atom stereocenters. The number of hydrogen-bond acceptors (Lipinski definition) is 4. The van der Waals surface area contributed by atoms with E-state index in [2.05, 4.69) is 11.9 Å². The number of likely N-dealkylation sites (N-methyl/N-ethyl adjacent to an activating group) is 1. The number of para-hydroxylation sites is 1. The van der Waals surface area contributed by atoms with Crippen LogP contribution in [0, 0.1) is 11.7 Å². The SMILES string of the molecule is CC1CCN(C(=O)CN(C)c2nc3c(F)cccc3s2)CC1. The molecular weight excluding hydrogens is 301 g/mol. The topological polar surface area (TPSA) is 36.4 Å². The van der Waals surface area contributed by atoms with Crippen molar-refractivity contribution in [1.29, 1.82) is 0 Å². The lowest BCUT2D eigenvalue weighted by Crippen LogP contribution is -2.43. The Morgan fingerprint density at radius 3 is 2.86 bits per heavy atom. The molecule has 2 heterocycles. The molecule has 0 spiro atoms. The zero-order valence-corrected chi connectivity index (χ0v) is 13.7. The summed E-state index contributed by atoms with van der Waals surface area (Å²) in [6.45, 7) is 4.18. The maximum absolute atomic E-state index is 13.7. The monoisotopic (exact) mass is 321 g/mol. The molecule has 6 heteroatoms. The van der Waals surface area contributed by atoms with Crippen molar-refractivity contribution in [1.82, 2.24) is 9.88 Å². The molecule has 1 aromatic carbocycles. The van der Waals surface area contributed by atoms with E-state index in [9.17, 15) is 9.18 Å². The fourth-order valence-electron chi connectivity index (χ4n) is 2.70. The summed E-state index contributed by atoms with van der Waals surface area (Å²) in [7, 11) is 1.83. The number of carbonyl (C=O) groups excluding carboxylic acids is 1. The van der Waals surface area contributed by atoms with E-state index in [1.807, 2.05) is 22.9 Å². The number of hydrogen-bond donors (Lipinski definition) is 0. The molecular formula is C16H20FN3OS. The molecule has 4 nitrogen and oxygen atoms in total. The van der Waals surface area contributed by atoms with Crippen LogP contribution in [-0.2, 0) is 4.79 Å². The van der Waals surface area contributed by atoms with Crippen LogP contribution in [0.2, 0.25) is 0 Å². The second kappa shape index (κ2) is 6.20. The van der Waals surface area contributed by atoms with Gasteiger partial charge in [0, 0.05) is 20.1 Å². The molecule has 0 radical (unpaired) electrons. The van der Waals surface area contributed by atoms with Crippen molar-refractivity contribution < 1.29 is 9.18 Å². The van der Waals surface area contributed by atoms with Crippen LogP contribution in [0.5, 0.6) is 0 Å². The van der Waals surface area contributed by atoms with Gasteiger partial charge in [0.15, 0.2) is 5.13 Å². The smallest absolute Gasteiger partial charge is 0.242 e. The highest BCUT2D eigenvalue weighted by Gasteiger charge is 2.22. The first kappa shape index (κ1) is 15.2. The van der Waals surface area contributed by atoms with E-state index in [-0.39, 0.29) is 18.3 Å². The van der Waals surface area contributed by atoms with Gasteiger partial charge >= 0.3 is 0 Å². The van der Waals surface area contributed by atoms with Crippen molar-refractivity contribution in [3.8, 4) is 0 Å². The number of anilines is 1. The van der Waals surface area contributed by atoms with Crippen LogP contribution >= 0.6 is 11.3 Å². The molecule has 118 valence electrons. The van der Waals surface area contributed by atoms with Gasteiger partial charge in [-0.25, -0.2) is 9.37 Å². The highest BCUT2D eigenvalue weighted by molar-refractivity contribution is 7.22. The molecule has 0 saturated carbocycles. The summed E-state index contributed by atoms with van der Waals surface area (Å²) < 4.78 is 14.5. The van der Waals surface area contributed by atoms with Gasteiger partial charge in [-0.2, -0.15) is 0 Å². The van der Waals surface area contributed by atoms with Crippen LogP contribution in [0.15, 0.2) is 18.2 Å². The number of carbonyl (C=O) groups is 1. The molecule has 1 fully saturated rings. The predicted molar refractivity (Wildman–Crippen MR) is 87.8 cm³/mol. The van der Waals surface area contributed by atoms with Gasteiger partial charge in [0.25, 0.3) is 0 Å².